The first-order valence-electron chi connectivity index (χ1n) is 11.3. The Morgan fingerprint density at radius 2 is 1.62 bits per heavy atom. The number of carbonyl (C=O) groups is 2. The van der Waals surface area contributed by atoms with Crippen LogP contribution in [0.2, 0.25) is 0 Å². The van der Waals surface area contributed by atoms with Crippen LogP contribution >= 0.6 is 11.3 Å². The van der Waals surface area contributed by atoms with Crippen LogP contribution in [0.15, 0.2) is 60.1 Å². The molecule has 2 aliphatic heterocycles. The van der Waals surface area contributed by atoms with Crippen molar-refractivity contribution in [3.8, 4) is 17.2 Å². The van der Waals surface area contributed by atoms with Crippen molar-refractivity contribution in [2.45, 2.75) is 12.5 Å². The molecule has 2 amide bonds. The summed E-state index contributed by atoms with van der Waals surface area (Å²) in [6.07, 6.45) is 2.15. The lowest BCUT2D eigenvalue weighted by atomic mass is 10.2. The van der Waals surface area contributed by atoms with Gasteiger partial charge >= 0.3 is 0 Å². The van der Waals surface area contributed by atoms with Crippen LogP contribution in [0.4, 0.5) is 5.69 Å². The molecule has 9 heteroatoms. The molecule has 3 heterocycles. The first kappa shape index (κ1) is 22.4. The highest BCUT2D eigenvalue weighted by molar-refractivity contribution is 7.11. The van der Waals surface area contributed by atoms with Crippen LogP contribution in [0.3, 0.4) is 0 Å². The maximum atomic E-state index is 12.8. The molecule has 0 saturated carbocycles. The van der Waals surface area contributed by atoms with Crippen molar-refractivity contribution in [1.29, 1.82) is 0 Å². The molecule has 2 fully saturated rings. The SMILES string of the molecule is COc1ccc(Oc2ccc(N3CC(N4CCN(C(=O)c5nccs5)CC4)CC3=O)cc2)cc1. The Labute approximate surface area is 202 Å². The number of rotatable bonds is 6. The maximum Gasteiger partial charge on any atom is 0.282 e. The van der Waals surface area contributed by atoms with E-state index in [2.05, 4.69) is 9.88 Å². The second kappa shape index (κ2) is 9.82. The monoisotopic (exact) mass is 478 g/mol. The summed E-state index contributed by atoms with van der Waals surface area (Å²) in [6.45, 7) is 3.48. The van der Waals surface area contributed by atoms with Crippen LogP contribution in [0, 0.1) is 0 Å². The molecule has 0 bridgehead atoms. The topological polar surface area (TPSA) is 75.2 Å². The van der Waals surface area contributed by atoms with Gasteiger partial charge in [-0.15, -0.1) is 11.3 Å². The van der Waals surface area contributed by atoms with Gasteiger partial charge in [0.15, 0.2) is 5.01 Å². The summed E-state index contributed by atoms with van der Waals surface area (Å²) in [7, 11) is 1.63. The van der Waals surface area contributed by atoms with Gasteiger partial charge in [0.05, 0.1) is 7.11 Å². The number of ether oxygens (including phenoxy) is 2. The average molecular weight is 479 g/mol. The Morgan fingerprint density at radius 1 is 0.971 bits per heavy atom. The minimum Gasteiger partial charge on any atom is -0.497 e. The lowest BCUT2D eigenvalue weighted by Crippen LogP contribution is -2.52. The number of thiazole rings is 1. The van der Waals surface area contributed by atoms with E-state index in [1.54, 1.807) is 13.3 Å². The van der Waals surface area contributed by atoms with E-state index in [1.807, 2.05) is 63.7 Å². The number of nitrogens with zero attached hydrogens (tertiary/aromatic N) is 4. The molecule has 0 spiro atoms. The van der Waals surface area contributed by atoms with Crippen molar-refractivity contribution in [3.63, 3.8) is 0 Å². The first-order chi connectivity index (χ1) is 16.6. The van der Waals surface area contributed by atoms with E-state index in [-0.39, 0.29) is 17.9 Å². The van der Waals surface area contributed by atoms with E-state index in [1.165, 1.54) is 11.3 Å². The number of anilines is 1. The summed E-state index contributed by atoms with van der Waals surface area (Å²) in [5, 5.41) is 2.36. The zero-order valence-electron chi connectivity index (χ0n) is 18.9. The average Bonchev–Trinajstić information content (AvgIpc) is 3.55. The van der Waals surface area contributed by atoms with Crippen molar-refractivity contribution < 1.29 is 19.1 Å². The lowest BCUT2D eigenvalue weighted by Gasteiger charge is -2.37. The van der Waals surface area contributed by atoms with Crippen LogP contribution in [-0.2, 0) is 4.79 Å². The maximum absolute atomic E-state index is 12.8. The molecular formula is C25H26N4O4S. The molecule has 0 radical (unpaired) electrons. The van der Waals surface area contributed by atoms with E-state index >= 15 is 0 Å². The Kier molecular flexibility index (Phi) is 6.46. The summed E-state index contributed by atoms with van der Waals surface area (Å²) >= 11 is 1.37. The molecule has 1 aromatic heterocycles. The zero-order chi connectivity index (χ0) is 23.5. The third-order valence-electron chi connectivity index (χ3n) is 6.28. The largest absolute Gasteiger partial charge is 0.497 e. The summed E-state index contributed by atoms with van der Waals surface area (Å²) in [5.74, 6) is 2.32. The Morgan fingerprint density at radius 3 is 2.24 bits per heavy atom. The number of hydrogen-bond acceptors (Lipinski definition) is 7. The number of piperazine rings is 1. The molecule has 2 aliphatic rings. The number of hydrogen-bond donors (Lipinski definition) is 0. The molecule has 34 heavy (non-hydrogen) atoms. The molecule has 2 saturated heterocycles. The van der Waals surface area contributed by atoms with Gasteiger partial charge in [-0.1, -0.05) is 0 Å². The fourth-order valence-electron chi connectivity index (χ4n) is 4.41. The molecular weight excluding hydrogens is 452 g/mol. The van der Waals surface area contributed by atoms with Crippen LogP contribution in [-0.4, -0.2) is 72.5 Å². The van der Waals surface area contributed by atoms with Gasteiger partial charge in [-0.05, 0) is 48.5 Å². The van der Waals surface area contributed by atoms with Crippen LogP contribution < -0.4 is 14.4 Å². The Hall–Kier alpha value is -3.43. The number of aromatic nitrogens is 1. The number of benzene rings is 2. The standard InChI is InChI=1S/C25H26N4O4S/c1-32-20-6-8-22(9-7-20)33-21-4-2-18(3-5-21)29-17-19(16-23(29)30)27-11-13-28(14-12-27)25(31)24-26-10-15-34-24/h2-10,15,19H,11-14,16-17H2,1H3. The molecule has 176 valence electrons. The molecule has 5 rings (SSSR count). The molecule has 0 N–H and O–H groups in total. The smallest absolute Gasteiger partial charge is 0.282 e. The van der Waals surface area contributed by atoms with Crippen molar-refractivity contribution >= 4 is 28.8 Å². The predicted octanol–water partition coefficient (Wildman–Crippen LogP) is 3.51. The van der Waals surface area contributed by atoms with Gasteiger partial charge in [0, 0.05) is 62.5 Å². The van der Waals surface area contributed by atoms with Gasteiger partial charge < -0.3 is 19.3 Å². The summed E-state index contributed by atoms with van der Waals surface area (Å²) in [5.41, 5.74) is 0.868. The summed E-state index contributed by atoms with van der Waals surface area (Å²) in [6, 6.07) is 15.2. The molecule has 2 aromatic carbocycles. The van der Waals surface area contributed by atoms with Gasteiger partial charge in [0.25, 0.3) is 5.91 Å². The van der Waals surface area contributed by atoms with Crippen molar-refractivity contribution in [1.82, 2.24) is 14.8 Å². The molecule has 1 unspecified atom stereocenters. The predicted molar refractivity (Wildman–Crippen MR) is 130 cm³/mol. The van der Waals surface area contributed by atoms with E-state index in [0.717, 1.165) is 30.3 Å². The third-order valence-corrected chi connectivity index (χ3v) is 7.04. The van der Waals surface area contributed by atoms with Crippen LogP contribution in [0.25, 0.3) is 0 Å². The highest BCUT2D eigenvalue weighted by Crippen LogP contribution is 2.29. The molecule has 1 atom stereocenters. The highest BCUT2D eigenvalue weighted by Gasteiger charge is 2.36. The quantitative estimate of drug-likeness (QED) is 0.540. The number of methoxy groups -OCH3 is 1. The second-order valence-corrected chi connectivity index (χ2v) is 9.19. The number of carbonyl (C=O) groups excluding carboxylic acids is 2. The van der Waals surface area contributed by atoms with E-state index in [9.17, 15) is 9.59 Å². The van der Waals surface area contributed by atoms with E-state index in [4.69, 9.17) is 9.47 Å². The van der Waals surface area contributed by atoms with Crippen molar-refractivity contribution in [3.05, 3.63) is 65.1 Å². The fourth-order valence-corrected chi connectivity index (χ4v) is 5.01. The van der Waals surface area contributed by atoms with Crippen LogP contribution in [0.5, 0.6) is 17.2 Å². The molecule has 3 aromatic rings. The third kappa shape index (κ3) is 4.76. The highest BCUT2D eigenvalue weighted by atomic mass is 32.1. The summed E-state index contributed by atoms with van der Waals surface area (Å²) in [4.78, 5) is 35.4. The van der Waals surface area contributed by atoms with Crippen molar-refractivity contribution in [2.24, 2.45) is 0 Å². The van der Waals surface area contributed by atoms with Gasteiger partial charge in [-0.25, -0.2) is 4.98 Å². The normalized spacial score (nSPS) is 18.9. The van der Waals surface area contributed by atoms with Gasteiger partial charge in [0.1, 0.15) is 17.2 Å². The molecule has 8 nitrogen and oxygen atoms in total. The Bertz CT molecular complexity index is 1130. The first-order valence-corrected chi connectivity index (χ1v) is 12.1. The fraction of sp³-hybridized carbons (Fsp3) is 0.320. The number of amides is 2. The van der Waals surface area contributed by atoms with Crippen molar-refractivity contribution in [2.75, 3.05) is 44.7 Å². The zero-order valence-corrected chi connectivity index (χ0v) is 19.7. The minimum absolute atomic E-state index is 0.00396. The Balaban J connectivity index is 1.16. The van der Waals surface area contributed by atoms with E-state index in [0.29, 0.717) is 36.8 Å². The second-order valence-electron chi connectivity index (χ2n) is 8.30. The van der Waals surface area contributed by atoms with Gasteiger partial charge in [-0.3, -0.25) is 14.5 Å². The van der Waals surface area contributed by atoms with E-state index < -0.39 is 0 Å². The minimum atomic E-state index is -0.00396. The summed E-state index contributed by atoms with van der Waals surface area (Å²) < 4.78 is 11.1. The van der Waals surface area contributed by atoms with Gasteiger partial charge in [-0.2, -0.15) is 0 Å². The molecule has 0 aliphatic carbocycles. The lowest BCUT2D eigenvalue weighted by molar-refractivity contribution is -0.117. The van der Waals surface area contributed by atoms with Crippen LogP contribution in [0.1, 0.15) is 16.2 Å². The van der Waals surface area contributed by atoms with Gasteiger partial charge in [0.2, 0.25) is 5.91 Å².